The number of halogens is 1. The number of nitrogens with one attached hydrogen (secondary N) is 1. The van der Waals surface area contributed by atoms with Crippen molar-refractivity contribution in [2.75, 3.05) is 4.72 Å². The normalized spacial score (nSPS) is 11.2. The highest BCUT2D eigenvalue weighted by molar-refractivity contribution is 7.92. The quantitative estimate of drug-likeness (QED) is 0.764. The second-order valence-corrected chi connectivity index (χ2v) is 7.45. The van der Waals surface area contributed by atoms with Gasteiger partial charge in [0.1, 0.15) is 6.07 Å². The number of pyridine rings is 1. The molecule has 0 aliphatic heterocycles. The third-order valence-corrected chi connectivity index (χ3v) is 5.44. The summed E-state index contributed by atoms with van der Waals surface area (Å²) in [6, 6.07) is 13.7. The fraction of sp³-hybridized carbons (Fsp3) is 0.0588. The van der Waals surface area contributed by atoms with Gasteiger partial charge in [0.05, 0.1) is 21.0 Å². The molecule has 0 radical (unpaired) electrons. The van der Waals surface area contributed by atoms with Gasteiger partial charge in [0, 0.05) is 24.2 Å². The Morgan fingerprint density at radius 2 is 1.88 bits per heavy atom. The third-order valence-electron chi connectivity index (χ3n) is 3.75. The summed E-state index contributed by atoms with van der Waals surface area (Å²) in [6.07, 6.45) is 0. The Balaban J connectivity index is 2.00. The van der Waals surface area contributed by atoms with Crippen LogP contribution in [0.4, 0.5) is 5.69 Å². The number of aromatic nitrogens is 1. The van der Waals surface area contributed by atoms with Gasteiger partial charge in [0.25, 0.3) is 15.6 Å². The van der Waals surface area contributed by atoms with Crippen LogP contribution in [0.25, 0.3) is 10.9 Å². The molecule has 0 saturated heterocycles. The Hall–Kier alpha value is -2.82. The lowest BCUT2D eigenvalue weighted by atomic mass is 10.2. The molecule has 0 fully saturated rings. The van der Waals surface area contributed by atoms with Crippen molar-refractivity contribution in [2.45, 2.75) is 4.90 Å². The van der Waals surface area contributed by atoms with Crippen molar-refractivity contribution in [3.8, 4) is 6.07 Å². The standard InChI is InChI=1S/C17H12ClN3O3S/c1-21-16-6-4-13(8-11(16)3-7-17(21)22)20-25(23,24)14-5-2-12(10-19)15(18)9-14/h2-9,20H,1H3. The van der Waals surface area contributed by atoms with Gasteiger partial charge in [-0.15, -0.1) is 0 Å². The van der Waals surface area contributed by atoms with Crippen molar-refractivity contribution >= 4 is 38.2 Å². The zero-order chi connectivity index (χ0) is 18.2. The Kier molecular flexibility index (Phi) is 4.25. The SMILES string of the molecule is Cn1c(=O)ccc2cc(NS(=O)(=O)c3ccc(C#N)c(Cl)c3)ccc21. The summed E-state index contributed by atoms with van der Waals surface area (Å²) in [7, 11) is -2.21. The lowest BCUT2D eigenvalue weighted by molar-refractivity contribution is 0.601. The predicted molar refractivity (Wildman–Crippen MR) is 96.2 cm³/mol. The van der Waals surface area contributed by atoms with E-state index in [0.29, 0.717) is 11.2 Å². The van der Waals surface area contributed by atoms with Crippen LogP contribution in [0.2, 0.25) is 5.02 Å². The number of rotatable bonds is 3. The van der Waals surface area contributed by atoms with Crippen LogP contribution >= 0.6 is 11.6 Å². The number of sulfonamides is 1. The maximum absolute atomic E-state index is 12.5. The molecule has 3 aromatic rings. The highest BCUT2D eigenvalue weighted by atomic mass is 35.5. The van der Waals surface area contributed by atoms with Crippen molar-refractivity contribution in [3.63, 3.8) is 0 Å². The summed E-state index contributed by atoms with van der Waals surface area (Å²) < 4.78 is 29.0. The predicted octanol–water partition coefficient (Wildman–Crippen LogP) is 2.86. The Morgan fingerprint density at radius 3 is 2.56 bits per heavy atom. The van der Waals surface area contributed by atoms with Crippen molar-refractivity contribution < 1.29 is 8.42 Å². The van der Waals surface area contributed by atoms with E-state index in [1.807, 2.05) is 6.07 Å². The van der Waals surface area contributed by atoms with Crippen LogP contribution in [-0.2, 0) is 17.1 Å². The van der Waals surface area contributed by atoms with E-state index in [9.17, 15) is 13.2 Å². The van der Waals surface area contributed by atoms with Crippen molar-refractivity contribution in [3.05, 3.63) is 69.5 Å². The van der Waals surface area contributed by atoms with Crippen LogP contribution in [-0.4, -0.2) is 13.0 Å². The van der Waals surface area contributed by atoms with Gasteiger partial charge in [0.15, 0.2) is 0 Å². The topological polar surface area (TPSA) is 92.0 Å². The number of anilines is 1. The summed E-state index contributed by atoms with van der Waals surface area (Å²) in [4.78, 5) is 11.6. The zero-order valence-electron chi connectivity index (χ0n) is 13.0. The highest BCUT2D eigenvalue weighted by Crippen LogP contribution is 2.24. The summed E-state index contributed by atoms with van der Waals surface area (Å²) in [5, 5.41) is 9.66. The summed E-state index contributed by atoms with van der Waals surface area (Å²) >= 11 is 5.90. The van der Waals surface area contributed by atoms with E-state index in [2.05, 4.69) is 4.72 Å². The van der Waals surface area contributed by atoms with Gasteiger partial charge >= 0.3 is 0 Å². The number of hydrogen-bond acceptors (Lipinski definition) is 4. The lowest BCUT2D eigenvalue weighted by Gasteiger charge is -2.11. The molecular formula is C17H12ClN3O3S. The fourth-order valence-electron chi connectivity index (χ4n) is 2.42. The molecule has 0 spiro atoms. The first-order valence-electron chi connectivity index (χ1n) is 7.14. The van der Waals surface area contributed by atoms with E-state index < -0.39 is 10.0 Å². The van der Waals surface area contributed by atoms with Gasteiger partial charge in [-0.1, -0.05) is 11.6 Å². The molecule has 126 valence electrons. The molecule has 0 unspecified atom stereocenters. The summed E-state index contributed by atoms with van der Waals surface area (Å²) in [5.41, 5.74) is 1.10. The molecule has 3 rings (SSSR count). The molecule has 25 heavy (non-hydrogen) atoms. The van der Waals surface area contributed by atoms with Gasteiger partial charge in [-0.25, -0.2) is 8.42 Å². The van der Waals surface area contributed by atoms with Gasteiger partial charge in [-0.05, 0) is 42.5 Å². The molecule has 2 aromatic carbocycles. The smallest absolute Gasteiger partial charge is 0.261 e. The number of benzene rings is 2. The van der Waals surface area contributed by atoms with E-state index in [0.717, 1.165) is 5.39 Å². The van der Waals surface area contributed by atoms with Crippen molar-refractivity contribution in [1.29, 1.82) is 5.26 Å². The first kappa shape index (κ1) is 17.0. The fourth-order valence-corrected chi connectivity index (χ4v) is 3.78. The molecule has 8 heteroatoms. The molecule has 0 aliphatic rings. The first-order chi connectivity index (χ1) is 11.8. The molecular weight excluding hydrogens is 362 g/mol. The highest BCUT2D eigenvalue weighted by Gasteiger charge is 2.16. The van der Waals surface area contributed by atoms with E-state index in [1.54, 1.807) is 31.3 Å². The number of nitrogens with zero attached hydrogens (tertiary/aromatic N) is 2. The molecule has 1 heterocycles. The van der Waals surface area contributed by atoms with E-state index in [-0.39, 0.29) is 21.0 Å². The molecule has 0 saturated carbocycles. The van der Waals surface area contributed by atoms with E-state index in [4.69, 9.17) is 16.9 Å². The maximum atomic E-state index is 12.5. The van der Waals surface area contributed by atoms with Crippen LogP contribution in [0.3, 0.4) is 0 Å². The van der Waals surface area contributed by atoms with Crippen LogP contribution in [0.15, 0.2) is 58.2 Å². The second kappa shape index (κ2) is 6.24. The molecule has 0 aliphatic carbocycles. The van der Waals surface area contributed by atoms with Crippen LogP contribution < -0.4 is 10.3 Å². The number of hydrogen-bond donors (Lipinski definition) is 1. The molecule has 1 N–H and O–H groups in total. The van der Waals surface area contributed by atoms with Crippen LogP contribution in [0.5, 0.6) is 0 Å². The monoisotopic (exact) mass is 373 g/mol. The first-order valence-corrected chi connectivity index (χ1v) is 9.00. The van der Waals surface area contributed by atoms with Crippen molar-refractivity contribution in [1.82, 2.24) is 4.57 Å². The van der Waals surface area contributed by atoms with Crippen LogP contribution in [0, 0.1) is 11.3 Å². The molecule has 1 aromatic heterocycles. The largest absolute Gasteiger partial charge is 0.311 e. The molecule has 0 amide bonds. The van der Waals surface area contributed by atoms with E-state index >= 15 is 0 Å². The minimum atomic E-state index is -3.86. The molecule has 6 nitrogen and oxygen atoms in total. The number of aryl methyl sites for hydroxylation is 1. The summed E-state index contributed by atoms with van der Waals surface area (Å²) in [6.45, 7) is 0. The van der Waals surface area contributed by atoms with Crippen LogP contribution in [0.1, 0.15) is 5.56 Å². The lowest BCUT2D eigenvalue weighted by Crippen LogP contribution is -2.16. The second-order valence-electron chi connectivity index (χ2n) is 5.36. The third kappa shape index (κ3) is 3.22. The van der Waals surface area contributed by atoms with Gasteiger partial charge in [-0.2, -0.15) is 5.26 Å². The Labute approximate surface area is 148 Å². The number of nitriles is 1. The molecule has 0 bridgehead atoms. The Morgan fingerprint density at radius 1 is 1.12 bits per heavy atom. The van der Waals surface area contributed by atoms with Gasteiger partial charge in [-0.3, -0.25) is 9.52 Å². The molecule has 0 atom stereocenters. The minimum Gasteiger partial charge on any atom is -0.311 e. The van der Waals surface area contributed by atoms with Crippen molar-refractivity contribution in [2.24, 2.45) is 7.05 Å². The van der Waals surface area contributed by atoms with Gasteiger partial charge in [0.2, 0.25) is 0 Å². The Bertz CT molecular complexity index is 1190. The average Bonchev–Trinajstić information content (AvgIpc) is 2.58. The summed E-state index contributed by atoms with van der Waals surface area (Å²) in [5.74, 6) is 0. The number of fused-ring (bicyclic) bond motifs is 1. The van der Waals surface area contributed by atoms with Gasteiger partial charge < -0.3 is 4.57 Å². The average molecular weight is 374 g/mol. The minimum absolute atomic E-state index is 0.0444. The van der Waals surface area contributed by atoms with E-state index in [1.165, 1.54) is 28.8 Å². The zero-order valence-corrected chi connectivity index (χ0v) is 14.6. The maximum Gasteiger partial charge on any atom is 0.261 e.